The Morgan fingerprint density at radius 2 is 1.93 bits per heavy atom. The average molecular weight is 213 g/mol. The molecule has 2 N–H and O–H groups in total. The van der Waals surface area contributed by atoms with Gasteiger partial charge in [-0.25, -0.2) is 8.42 Å². The molecule has 0 aliphatic carbocycles. The van der Waals surface area contributed by atoms with Crippen LogP contribution in [0.15, 0.2) is 29.2 Å². The molecule has 1 rings (SSSR count). The summed E-state index contributed by atoms with van der Waals surface area (Å²) < 4.78 is 23.8. The van der Waals surface area contributed by atoms with Crippen LogP contribution < -0.4 is 5.73 Å². The van der Waals surface area contributed by atoms with Crippen LogP contribution in [-0.2, 0) is 9.84 Å². The van der Waals surface area contributed by atoms with Gasteiger partial charge in [-0.3, -0.25) is 0 Å². The van der Waals surface area contributed by atoms with E-state index in [1.54, 1.807) is 32.0 Å². The lowest BCUT2D eigenvalue weighted by molar-refractivity contribution is 0.583. The number of nitrogens with two attached hydrogens (primary N) is 1. The van der Waals surface area contributed by atoms with Gasteiger partial charge in [-0.15, -0.1) is 0 Å². The Labute approximate surface area is 84.9 Å². The van der Waals surface area contributed by atoms with Crippen molar-refractivity contribution in [2.75, 3.05) is 6.54 Å². The molecule has 0 saturated heterocycles. The summed E-state index contributed by atoms with van der Waals surface area (Å²) in [5, 5.41) is -0.524. The van der Waals surface area contributed by atoms with Gasteiger partial charge in [-0.1, -0.05) is 18.2 Å². The maximum atomic E-state index is 11.9. The molecule has 1 unspecified atom stereocenters. The molecule has 0 aliphatic rings. The molecule has 0 spiro atoms. The third kappa shape index (κ3) is 1.96. The molecule has 0 radical (unpaired) electrons. The van der Waals surface area contributed by atoms with E-state index in [4.69, 9.17) is 5.73 Å². The fraction of sp³-hybridized carbons (Fsp3) is 0.400. The first-order valence-corrected chi connectivity index (χ1v) is 6.04. The predicted molar refractivity (Wildman–Crippen MR) is 56.9 cm³/mol. The standard InChI is InChI=1S/C10H15NO2S/c1-8-5-3-4-6-10(8)14(12,13)9(2)7-11/h3-6,9H,7,11H2,1-2H3. The molecule has 1 aromatic rings. The van der Waals surface area contributed by atoms with Gasteiger partial charge in [0.2, 0.25) is 0 Å². The molecule has 0 aliphatic heterocycles. The summed E-state index contributed by atoms with van der Waals surface area (Å²) in [6.45, 7) is 3.56. The minimum atomic E-state index is -3.24. The van der Waals surface area contributed by atoms with Crippen molar-refractivity contribution in [3.8, 4) is 0 Å². The van der Waals surface area contributed by atoms with Crippen molar-refractivity contribution >= 4 is 9.84 Å². The first-order chi connectivity index (χ1) is 6.50. The highest BCUT2D eigenvalue weighted by atomic mass is 32.2. The number of benzene rings is 1. The third-order valence-electron chi connectivity index (χ3n) is 2.26. The highest BCUT2D eigenvalue weighted by Crippen LogP contribution is 2.18. The summed E-state index contributed by atoms with van der Waals surface area (Å²) in [5.41, 5.74) is 6.14. The topological polar surface area (TPSA) is 60.2 Å². The fourth-order valence-electron chi connectivity index (χ4n) is 1.22. The molecule has 14 heavy (non-hydrogen) atoms. The Kier molecular flexibility index (Phi) is 3.29. The monoisotopic (exact) mass is 213 g/mol. The van der Waals surface area contributed by atoms with Crippen molar-refractivity contribution in [3.63, 3.8) is 0 Å². The Bertz CT molecular complexity index is 412. The van der Waals surface area contributed by atoms with E-state index < -0.39 is 15.1 Å². The largest absolute Gasteiger partial charge is 0.329 e. The van der Waals surface area contributed by atoms with Gasteiger partial charge >= 0.3 is 0 Å². The lowest BCUT2D eigenvalue weighted by atomic mass is 10.2. The van der Waals surface area contributed by atoms with Crippen LogP contribution in [0.25, 0.3) is 0 Å². The van der Waals surface area contributed by atoms with Gasteiger partial charge in [-0.05, 0) is 25.5 Å². The van der Waals surface area contributed by atoms with E-state index in [1.807, 2.05) is 6.07 Å². The summed E-state index contributed by atoms with van der Waals surface area (Å²) in [5.74, 6) is 0. The summed E-state index contributed by atoms with van der Waals surface area (Å²) in [6, 6.07) is 6.96. The molecular weight excluding hydrogens is 198 g/mol. The van der Waals surface area contributed by atoms with E-state index in [-0.39, 0.29) is 6.54 Å². The SMILES string of the molecule is Cc1ccccc1S(=O)(=O)C(C)CN. The average Bonchev–Trinajstić information content (AvgIpc) is 2.17. The molecule has 0 fully saturated rings. The zero-order chi connectivity index (χ0) is 10.8. The van der Waals surface area contributed by atoms with Crippen molar-refractivity contribution < 1.29 is 8.42 Å². The van der Waals surface area contributed by atoms with Crippen molar-refractivity contribution in [2.24, 2.45) is 5.73 Å². The van der Waals surface area contributed by atoms with Gasteiger partial charge in [0, 0.05) is 6.54 Å². The number of hydrogen-bond donors (Lipinski definition) is 1. The van der Waals surface area contributed by atoms with Crippen molar-refractivity contribution in [2.45, 2.75) is 24.0 Å². The van der Waals surface area contributed by atoms with Gasteiger partial charge < -0.3 is 5.73 Å². The number of sulfone groups is 1. The molecule has 1 atom stereocenters. The number of aryl methyl sites for hydroxylation is 1. The Morgan fingerprint density at radius 3 is 2.43 bits per heavy atom. The van der Waals surface area contributed by atoms with Crippen molar-refractivity contribution in [3.05, 3.63) is 29.8 Å². The van der Waals surface area contributed by atoms with Crippen molar-refractivity contribution in [1.82, 2.24) is 0 Å². The molecule has 3 nitrogen and oxygen atoms in total. The van der Waals surface area contributed by atoms with Gasteiger partial charge in [0.05, 0.1) is 10.1 Å². The van der Waals surface area contributed by atoms with Crippen LogP contribution in [0.2, 0.25) is 0 Å². The van der Waals surface area contributed by atoms with Crippen LogP contribution in [0.1, 0.15) is 12.5 Å². The van der Waals surface area contributed by atoms with E-state index in [2.05, 4.69) is 0 Å². The smallest absolute Gasteiger partial charge is 0.182 e. The maximum absolute atomic E-state index is 11.9. The first kappa shape index (κ1) is 11.2. The van der Waals surface area contributed by atoms with Crippen LogP contribution >= 0.6 is 0 Å². The highest BCUT2D eigenvalue weighted by Gasteiger charge is 2.22. The highest BCUT2D eigenvalue weighted by molar-refractivity contribution is 7.92. The Balaban J connectivity index is 3.24. The molecule has 0 amide bonds. The van der Waals surface area contributed by atoms with Crippen LogP contribution in [0.3, 0.4) is 0 Å². The second-order valence-corrected chi connectivity index (χ2v) is 5.69. The number of hydrogen-bond acceptors (Lipinski definition) is 3. The fourth-order valence-corrected chi connectivity index (χ4v) is 2.69. The minimum Gasteiger partial charge on any atom is -0.329 e. The molecular formula is C10H15NO2S. The third-order valence-corrected chi connectivity index (χ3v) is 4.58. The van der Waals surface area contributed by atoms with E-state index in [0.29, 0.717) is 4.90 Å². The van der Waals surface area contributed by atoms with Gasteiger partial charge in [-0.2, -0.15) is 0 Å². The van der Waals surface area contributed by atoms with Gasteiger partial charge in [0.15, 0.2) is 9.84 Å². The van der Waals surface area contributed by atoms with Crippen LogP contribution in [0.5, 0.6) is 0 Å². The second-order valence-electron chi connectivity index (χ2n) is 3.36. The predicted octanol–water partition coefficient (Wildman–Crippen LogP) is 1.12. The molecule has 4 heteroatoms. The summed E-state index contributed by atoms with van der Waals surface area (Å²) in [4.78, 5) is 0.387. The maximum Gasteiger partial charge on any atom is 0.182 e. The summed E-state index contributed by atoms with van der Waals surface area (Å²) >= 11 is 0. The lowest BCUT2D eigenvalue weighted by Crippen LogP contribution is -2.27. The van der Waals surface area contributed by atoms with Crippen LogP contribution in [-0.4, -0.2) is 20.2 Å². The van der Waals surface area contributed by atoms with Crippen LogP contribution in [0, 0.1) is 6.92 Å². The second kappa shape index (κ2) is 4.11. The molecule has 0 saturated carbocycles. The van der Waals surface area contributed by atoms with Crippen LogP contribution in [0.4, 0.5) is 0 Å². The quantitative estimate of drug-likeness (QED) is 0.818. The van der Waals surface area contributed by atoms with E-state index in [1.165, 1.54) is 0 Å². The van der Waals surface area contributed by atoms with E-state index in [9.17, 15) is 8.42 Å². The van der Waals surface area contributed by atoms with E-state index in [0.717, 1.165) is 5.56 Å². The lowest BCUT2D eigenvalue weighted by Gasteiger charge is -2.12. The summed E-state index contributed by atoms with van der Waals surface area (Å²) in [7, 11) is -3.24. The normalized spacial score (nSPS) is 13.9. The molecule has 78 valence electrons. The Morgan fingerprint density at radius 1 is 1.36 bits per heavy atom. The minimum absolute atomic E-state index is 0.149. The van der Waals surface area contributed by atoms with Crippen molar-refractivity contribution in [1.29, 1.82) is 0 Å². The molecule has 0 heterocycles. The Hall–Kier alpha value is -0.870. The molecule has 0 bridgehead atoms. The number of rotatable bonds is 3. The molecule has 0 aromatic heterocycles. The zero-order valence-electron chi connectivity index (χ0n) is 8.40. The zero-order valence-corrected chi connectivity index (χ0v) is 9.21. The van der Waals surface area contributed by atoms with Gasteiger partial charge in [0.25, 0.3) is 0 Å². The first-order valence-electron chi connectivity index (χ1n) is 4.49. The molecule has 1 aromatic carbocycles. The van der Waals surface area contributed by atoms with Gasteiger partial charge in [0.1, 0.15) is 0 Å². The summed E-state index contributed by atoms with van der Waals surface area (Å²) in [6.07, 6.45) is 0. The van der Waals surface area contributed by atoms with E-state index >= 15 is 0 Å².